The Balaban J connectivity index is 0.000000845. The van der Waals surface area contributed by atoms with Gasteiger partial charge in [-0.25, -0.2) is 9.13 Å². The largest absolute Gasteiger partial charge is 1.00 e. The molecular weight excluding hydrogens is 184 g/mol. The number of para-hydroxylation sites is 1. The summed E-state index contributed by atoms with van der Waals surface area (Å²) in [4.78, 5) is 0. The summed E-state index contributed by atoms with van der Waals surface area (Å²) in [5.74, 6) is 0. The number of rotatable bonds is 1. The highest BCUT2D eigenvalue weighted by atomic mass is 35.5. The van der Waals surface area contributed by atoms with Crippen LogP contribution in [0.1, 0.15) is 0 Å². The van der Waals surface area contributed by atoms with Crippen molar-refractivity contribution < 1.29 is 17.0 Å². The summed E-state index contributed by atoms with van der Waals surface area (Å²) in [5, 5.41) is 0. The van der Waals surface area contributed by atoms with Gasteiger partial charge in [-0.1, -0.05) is 18.2 Å². The highest BCUT2D eigenvalue weighted by Crippen LogP contribution is 1.96. The van der Waals surface area contributed by atoms with Crippen molar-refractivity contribution in [2.24, 2.45) is 7.05 Å². The molecule has 0 spiro atoms. The molecule has 0 radical (unpaired) electrons. The van der Waals surface area contributed by atoms with Gasteiger partial charge in [-0.05, 0) is 12.1 Å². The molecule has 0 amide bonds. The standard InChI is InChI=1S/C10H11N2.ClH/c1-11-7-8-12(9-11)10-5-3-2-4-6-10;/h2-9H,1H3;1H/q+1;/p-1. The van der Waals surface area contributed by atoms with Crippen LogP contribution in [0.3, 0.4) is 0 Å². The lowest BCUT2D eigenvalue weighted by Gasteiger charge is -1.91. The van der Waals surface area contributed by atoms with Crippen LogP contribution in [-0.4, -0.2) is 4.57 Å². The molecule has 1 aromatic carbocycles. The molecule has 68 valence electrons. The highest BCUT2D eigenvalue weighted by molar-refractivity contribution is 5.20. The normalized spacial score (nSPS) is 9.31. The molecule has 0 N–H and O–H groups in total. The van der Waals surface area contributed by atoms with Crippen LogP contribution < -0.4 is 17.0 Å². The number of hydrogen-bond donors (Lipinski definition) is 0. The van der Waals surface area contributed by atoms with Gasteiger partial charge in [0, 0.05) is 0 Å². The van der Waals surface area contributed by atoms with Crippen LogP contribution in [0, 0.1) is 0 Å². The number of aromatic nitrogens is 2. The zero-order chi connectivity index (χ0) is 8.39. The van der Waals surface area contributed by atoms with Crippen LogP contribution >= 0.6 is 0 Å². The first-order valence-corrected chi connectivity index (χ1v) is 3.95. The third-order valence-electron chi connectivity index (χ3n) is 1.82. The molecule has 0 atom stereocenters. The molecule has 0 aliphatic rings. The fraction of sp³-hybridized carbons (Fsp3) is 0.100. The van der Waals surface area contributed by atoms with Gasteiger partial charge in [0.05, 0.1) is 7.05 Å². The summed E-state index contributed by atoms with van der Waals surface area (Å²) in [6.07, 6.45) is 6.09. The summed E-state index contributed by atoms with van der Waals surface area (Å²) in [5.41, 5.74) is 1.19. The Kier molecular flexibility index (Phi) is 3.09. The summed E-state index contributed by atoms with van der Waals surface area (Å²) >= 11 is 0. The van der Waals surface area contributed by atoms with Gasteiger partial charge in [-0.3, -0.25) is 0 Å². The molecular formula is C10H11ClN2. The van der Waals surface area contributed by atoms with Gasteiger partial charge in [0.1, 0.15) is 18.1 Å². The van der Waals surface area contributed by atoms with E-state index in [0.717, 1.165) is 0 Å². The van der Waals surface area contributed by atoms with E-state index in [1.165, 1.54) is 5.69 Å². The Morgan fingerprint density at radius 3 is 2.38 bits per heavy atom. The van der Waals surface area contributed by atoms with Crippen molar-refractivity contribution in [2.75, 3.05) is 0 Å². The van der Waals surface area contributed by atoms with Crippen molar-refractivity contribution in [3.63, 3.8) is 0 Å². The molecule has 0 unspecified atom stereocenters. The second-order valence-electron chi connectivity index (χ2n) is 2.82. The third kappa shape index (κ3) is 2.10. The first-order valence-electron chi connectivity index (χ1n) is 3.95. The van der Waals surface area contributed by atoms with Crippen LogP contribution in [-0.2, 0) is 7.05 Å². The number of nitrogens with zero attached hydrogens (tertiary/aromatic N) is 2. The summed E-state index contributed by atoms with van der Waals surface area (Å²) in [6, 6.07) is 10.3. The highest BCUT2D eigenvalue weighted by Gasteiger charge is 2.00. The number of imidazole rings is 1. The molecule has 0 aliphatic heterocycles. The smallest absolute Gasteiger partial charge is 0.248 e. The van der Waals surface area contributed by atoms with Crippen molar-refractivity contribution in [3.05, 3.63) is 49.1 Å². The van der Waals surface area contributed by atoms with E-state index in [1.807, 2.05) is 48.5 Å². The number of aryl methyl sites for hydroxylation is 1. The Labute approximate surface area is 83.9 Å². The Morgan fingerprint density at radius 2 is 1.85 bits per heavy atom. The molecule has 2 nitrogen and oxygen atoms in total. The number of halogens is 1. The van der Waals surface area contributed by atoms with Crippen LogP contribution in [0.5, 0.6) is 0 Å². The predicted molar refractivity (Wildman–Crippen MR) is 46.9 cm³/mol. The lowest BCUT2D eigenvalue weighted by atomic mass is 10.3. The second kappa shape index (κ2) is 4.10. The molecule has 2 aromatic rings. The third-order valence-corrected chi connectivity index (χ3v) is 1.82. The maximum atomic E-state index is 2.08. The van der Waals surface area contributed by atoms with Crippen LogP contribution in [0.15, 0.2) is 49.1 Å². The molecule has 0 saturated heterocycles. The van der Waals surface area contributed by atoms with Gasteiger partial charge < -0.3 is 12.4 Å². The molecule has 3 heteroatoms. The van der Waals surface area contributed by atoms with E-state index in [0.29, 0.717) is 0 Å². The van der Waals surface area contributed by atoms with Crippen molar-refractivity contribution in [2.45, 2.75) is 0 Å². The van der Waals surface area contributed by atoms with Crippen LogP contribution in [0.4, 0.5) is 0 Å². The minimum atomic E-state index is 0. The van der Waals surface area contributed by atoms with E-state index in [-0.39, 0.29) is 12.4 Å². The second-order valence-corrected chi connectivity index (χ2v) is 2.82. The Morgan fingerprint density at radius 1 is 1.15 bits per heavy atom. The van der Waals surface area contributed by atoms with Gasteiger partial charge in [-0.2, -0.15) is 0 Å². The van der Waals surface area contributed by atoms with Gasteiger partial charge in [0.25, 0.3) is 0 Å². The molecule has 2 rings (SSSR count). The summed E-state index contributed by atoms with van der Waals surface area (Å²) in [6.45, 7) is 0. The SMILES string of the molecule is Cn1cc[n+](-c2ccccc2)c1.[Cl-]. The monoisotopic (exact) mass is 194 g/mol. The van der Waals surface area contributed by atoms with E-state index in [2.05, 4.69) is 16.7 Å². The van der Waals surface area contributed by atoms with Crippen molar-refractivity contribution in [1.29, 1.82) is 0 Å². The molecule has 0 fully saturated rings. The van der Waals surface area contributed by atoms with Crippen LogP contribution in [0.2, 0.25) is 0 Å². The fourth-order valence-electron chi connectivity index (χ4n) is 1.20. The first-order chi connectivity index (χ1) is 5.86. The fourth-order valence-corrected chi connectivity index (χ4v) is 1.20. The Bertz CT molecular complexity index is 367. The van der Waals surface area contributed by atoms with E-state index >= 15 is 0 Å². The van der Waals surface area contributed by atoms with Gasteiger partial charge >= 0.3 is 0 Å². The van der Waals surface area contributed by atoms with Gasteiger partial charge in [0.15, 0.2) is 0 Å². The molecule has 13 heavy (non-hydrogen) atoms. The van der Waals surface area contributed by atoms with Gasteiger partial charge in [-0.15, -0.1) is 0 Å². The summed E-state index contributed by atoms with van der Waals surface area (Å²) < 4.78 is 4.10. The average Bonchev–Trinajstić information content (AvgIpc) is 2.54. The topological polar surface area (TPSA) is 8.81 Å². The van der Waals surface area contributed by atoms with Crippen LogP contribution in [0.25, 0.3) is 5.69 Å². The van der Waals surface area contributed by atoms with E-state index in [1.54, 1.807) is 0 Å². The lowest BCUT2D eigenvalue weighted by molar-refractivity contribution is -0.595. The molecule has 0 aliphatic carbocycles. The first kappa shape index (κ1) is 9.81. The number of hydrogen-bond acceptors (Lipinski definition) is 0. The quantitative estimate of drug-likeness (QED) is 0.479. The lowest BCUT2D eigenvalue weighted by Crippen LogP contribution is -3.00. The minimum absolute atomic E-state index is 0. The predicted octanol–water partition coefficient (Wildman–Crippen LogP) is -1.69. The maximum Gasteiger partial charge on any atom is 0.248 e. The summed E-state index contributed by atoms with van der Waals surface area (Å²) in [7, 11) is 2.01. The molecule has 1 aromatic heterocycles. The van der Waals surface area contributed by atoms with E-state index in [9.17, 15) is 0 Å². The van der Waals surface area contributed by atoms with E-state index in [4.69, 9.17) is 0 Å². The van der Waals surface area contributed by atoms with Crippen molar-refractivity contribution in [1.82, 2.24) is 4.57 Å². The van der Waals surface area contributed by atoms with Crippen molar-refractivity contribution in [3.8, 4) is 5.69 Å². The zero-order valence-electron chi connectivity index (χ0n) is 7.39. The minimum Gasteiger partial charge on any atom is -1.00 e. The average molecular weight is 195 g/mol. The van der Waals surface area contributed by atoms with Crippen molar-refractivity contribution >= 4 is 0 Å². The zero-order valence-corrected chi connectivity index (χ0v) is 8.15. The van der Waals surface area contributed by atoms with E-state index < -0.39 is 0 Å². The molecule has 1 heterocycles. The molecule has 0 bridgehead atoms. The molecule has 0 saturated carbocycles. The van der Waals surface area contributed by atoms with Gasteiger partial charge in [0.2, 0.25) is 6.33 Å². The Hall–Kier alpha value is -1.28. The maximum absolute atomic E-state index is 2.08. The number of benzene rings is 1.